The van der Waals surface area contributed by atoms with E-state index in [0.29, 0.717) is 24.0 Å². The van der Waals surface area contributed by atoms with E-state index in [2.05, 4.69) is 11.4 Å². The molecule has 142 valence electrons. The highest BCUT2D eigenvalue weighted by Crippen LogP contribution is 2.31. The molecule has 0 unspecified atom stereocenters. The molecule has 2 fully saturated rings. The zero-order valence-corrected chi connectivity index (χ0v) is 17.4. The van der Waals surface area contributed by atoms with Crippen molar-refractivity contribution in [2.75, 3.05) is 19.6 Å². The Kier molecular flexibility index (Phi) is 6.58. The minimum absolute atomic E-state index is 0. The number of hydrogen-bond donors (Lipinski definition) is 1. The Balaban J connectivity index is 0.00000225. The summed E-state index contributed by atoms with van der Waals surface area (Å²) in [5.41, 5.74) is 3.90. The van der Waals surface area contributed by atoms with Gasteiger partial charge in [-0.05, 0) is 88.1 Å². The second kappa shape index (κ2) is 7.95. The largest absolute Gasteiger partial charge is 0.314 e. The van der Waals surface area contributed by atoms with Crippen molar-refractivity contribution in [2.24, 2.45) is 5.92 Å². The molecule has 0 spiro atoms. The quantitative estimate of drug-likeness (QED) is 0.842. The van der Waals surface area contributed by atoms with Crippen molar-refractivity contribution < 1.29 is 8.42 Å². The molecule has 0 atom stereocenters. The van der Waals surface area contributed by atoms with E-state index in [1.54, 1.807) is 4.31 Å². The molecule has 6 heteroatoms. The first kappa shape index (κ1) is 20.7. The molecule has 2 aliphatic rings. The molecule has 3 rings (SSSR count). The third kappa shape index (κ3) is 4.38. The topological polar surface area (TPSA) is 49.4 Å². The minimum Gasteiger partial charge on any atom is -0.314 e. The first-order valence-corrected chi connectivity index (χ1v) is 10.6. The van der Waals surface area contributed by atoms with Crippen molar-refractivity contribution in [3.8, 4) is 0 Å². The molecular weight excluding hydrogens is 356 g/mol. The maximum Gasteiger partial charge on any atom is 0.243 e. The predicted octanol–water partition coefficient (Wildman–Crippen LogP) is 3.49. The summed E-state index contributed by atoms with van der Waals surface area (Å²) in [5.74, 6) is 0.868. The summed E-state index contributed by atoms with van der Waals surface area (Å²) in [6, 6.07) is 2.55. The van der Waals surface area contributed by atoms with E-state index in [-0.39, 0.29) is 12.4 Å². The summed E-state index contributed by atoms with van der Waals surface area (Å²) in [7, 11) is -3.41. The number of hydrogen-bond acceptors (Lipinski definition) is 3. The van der Waals surface area contributed by atoms with Gasteiger partial charge in [0, 0.05) is 19.1 Å². The fourth-order valence-electron chi connectivity index (χ4n) is 3.65. The zero-order valence-electron chi connectivity index (χ0n) is 15.8. The first-order chi connectivity index (χ1) is 11.3. The molecule has 0 bridgehead atoms. The van der Waals surface area contributed by atoms with E-state index in [1.165, 1.54) is 12.8 Å². The molecule has 1 aliphatic carbocycles. The molecule has 1 N–H and O–H groups in total. The van der Waals surface area contributed by atoms with Gasteiger partial charge < -0.3 is 5.32 Å². The van der Waals surface area contributed by atoms with Crippen LogP contribution in [0.4, 0.5) is 0 Å². The lowest BCUT2D eigenvalue weighted by molar-refractivity contribution is 0.288. The van der Waals surface area contributed by atoms with Crippen LogP contribution in [-0.4, -0.2) is 38.4 Å². The molecule has 4 nitrogen and oxygen atoms in total. The van der Waals surface area contributed by atoms with Crippen LogP contribution in [0.5, 0.6) is 0 Å². The van der Waals surface area contributed by atoms with Crippen LogP contribution < -0.4 is 5.32 Å². The fourth-order valence-corrected chi connectivity index (χ4v) is 5.70. The molecule has 0 aromatic heterocycles. The summed E-state index contributed by atoms with van der Waals surface area (Å²) in [4.78, 5) is 0.532. The van der Waals surface area contributed by atoms with E-state index < -0.39 is 10.0 Å². The number of rotatable bonds is 5. The standard InChI is InChI=1S/C19H30N2O2S.ClH/c1-13-11-14(2)16(4)19(15(13)3)24(22,23)21-9-7-18(8-10-21)20-12-17-5-6-17;/h11,17-18,20H,5-10,12H2,1-4H3;1H. The number of nitrogens with zero attached hydrogens (tertiary/aromatic N) is 1. The van der Waals surface area contributed by atoms with Gasteiger partial charge in [-0.2, -0.15) is 4.31 Å². The Morgan fingerprint density at radius 3 is 2.00 bits per heavy atom. The van der Waals surface area contributed by atoms with Crippen molar-refractivity contribution in [3.05, 3.63) is 28.3 Å². The van der Waals surface area contributed by atoms with Gasteiger partial charge in [-0.3, -0.25) is 0 Å². The molecule has 0 amide bonds. The second-order valence-electron chi connectivity index (χ2n) is 7.62. The number of nitrogens with one attached hydrogen (secondary N) is 1. The van der Waals surface area contributed by atoms with Crippen molar-refractivity contribution in [1.29, 1.82) is 0 Å². The Morgan fingerprint density at radius 2 is 1.52 bits per heavy atom. The summed E-state index contributed by atoms with van der Waals surface area (Å²) >= 11 is 0. The van der Waals surface area contributed by atoms with Gasteiger partial charge in [0.2, 0.25) is 10.0 Å². The maximum absolute atomic E-state index is 13.2. The van der Waals surface area contributed by atoms with Gasteiger partial charge in [-0.15, -0.1) is 12.4 Å². The Bertz CT molecular complexity index is 695. The third-order valence-electron chi connectivity index (χ3n) is 5.74. The van der Waals surface area contributed by atoms with Crippen LogP contribution in [0.1, 0.15) is 47.9 Å². The number of benzene rings is 1. The van der Waals surface area contributed by atoms with Crippen molar-refractivity contribution >= 4 is 22.4 Å². The molecule has 1 heterocycles. The number of aryl methyl sites for hydroxylation is 2. The SMILES string of the molecule is Cc1cc(C)c(C)c(S(=O)(=O)N2CCC(NCC3CC3)CC2)c1C.Cl. The van der Waals surface area contributed by atoms with Crippen LogP contribution in [0.15, 0.2) is 11.0 Å². The summed E-state index contributed by atoms with van der Waals surface area (Å²) in [5, 5.41) is 3.61. The highest BCUT2D eigenvalue weighted by atomic mass is 35.5. The van der Waals surface area contributed by atoms with Crippen molar-refractivity contribution in [1.82, 2.24) is 9.62 Å². The van der Waals surface area contributed by atoms with Gasteiger partial charge >= 0.3 is 0 Å². The Hall–Kier alpha value is -0.620. The van der Waals surface area contributed by atoms with Crippen molar-refractivity contribution in [2.45, 2.75) is 64.3 Å². The van der Waals surface area contributed by atoms with Crippen LogP contribution >= 0.6 is 12.4 Å². The molecule has 1 saturated heterocycles. The number of halogens is 1. The van der Waals surface area contributed by atoms with Crippen LogP contribution in [0.25, 0.3) is 0 Å². The smallest absolute Gasteiger partial charge is 0.243 e. The lowest BCUT2D eigenvalue weighted by Gasteiger charge is -2.33. The fraction of sp³-hybridized carbons (Fsp3) is 0.684. The molecule has 1 saturated carbocycles. The van der Waals surface area contributed by atoms with Gasteiger partial charge in [0.25, 0.3) is 0 Å². The zero-order chi connectivity index (χ0) is 17.5. The van der Waals surface area contributed by atoms with Crippen LogP contribution in [0, 0.1) is 33.6 Å². The molecule has 1 aromatic rings. The summed E-state index contributed by atoms with van der Waals surface area (Å²) < 4.78 is 28.1. The average Bonchev–Trinajstić information content (AvgIpc) is 3.36. The Morgan fingerprint density at radius 1 is 1.00 bits per heavy atom. The third-order valence-corrected chi connectivity index (χ3v) is 7.91. The molecule has 25 heavy (non-hydrogen) atoms. The minimum atomic E-state index is -3.41. The van der Waals surface area contributed by atoms with Crippen LogP contribution in [0.2, 0.25) is 0 Å². The number of sulfonamides is 1. The van der Waals surface area contributed by atoms with E-state index in [0.717, 1.165) is 47.6 Å². The lowest BCUT2D eigenvalue weighted by Crippen LogP contribution is -2.45. The summed E-state index contributed by atoms with van der Waals surface area (Å²) in [6.45, 7) is 10.2. The summed E-state index contributed by atoms with van der Waals surface area (Å²) in [6.07, 6.45) is 4.53. The predicted molar refractivity (Wildman–Crippen MR) is 105 cm³/mol. The van der Waals surface area contributed by atoms with Gasteiger partial charge in [0.1, 0.15) is 0 Å². The highest BCUT2D eigenvalue weighted by Gasteiger charge is 2.32. The van der Waals surface area contributed by atoms with E-state index in [9.17, 15) is 8.42 Å². The molecular formula is C19H31ClN2O2S. The van der Waals surface area contributed by atoms with Crippen LogP contribution in [0.3, 0.4) is 0 Å². The maximum atomic E-state index is 13.2. The monoisotopic (exact) mass is 386 g/mol. The van der Waals surface area contributed by atoms with E-state index in [1.807, 2.05) is 27.7 Å². The molecule has 0 radical (unpaired) electrons. The van der Waals surface area contributed by atoms with Crippen molar-refractivity contribution in [3.63, 3.8) is 0 Å². The molecule has 1 aliphatic heterocycles. The van der Waals surface area contributed by atoms with E-state index in [4.69, 9.17) is 0 Å². The number of piperidine rings is 1. The van der Waals surface area contributed by atoms with Gasteiger partial charge in [-0.1, -0.05) is 6.07 Å². The highest BCUT2D eigenvalue weighted by molar-refractivity contribution is 7.89. The second-order valence-corrected chi connectivity index (χ2v) is 9.49. The normalized spacial score (nSPS) is 19.7. The average molecular weight is 387 g/mol. The van der Waals surface area contributed by atoms with Gasteiger partial charge in [0.15, 0.2) is 0 Å². The lowest BCUT2D eigenvalue weighted by atomic mass is 10.0. The Labute approximate surface area is 158 Å². The van der Waals surface area contributed by atoms with Crippen LogP contribution in [-0.2, 0) is 10.0 Å². The van der Waals surface area contributed by atoms with Gasteiger partial charge in [-0.25, -0.2) is 8.42 Å². The van der Waals surface area contributed by atoms with Gasteiger partial charge in [0.05, 0.1) is 4.90 Å². The molecule has 1 aromatic carbocycles. The first-order valence-electron chi connectivity index (χ1n) is 9.11. The van der Waals surface area contributed by atoms with E-state index >= 15 is 0 Å².